The molecule has 0 radical (unpaired) electrons. The number of piperazine rings is 1. The highest BCUT2D eigenvalue weighted by Gasteiger charge is 2.17. The highest BCUT2D eigenvalue weighted by Crippen LogP contribution is 2.30. The van der Waals surface area contributed by atoms with Gasteiger partial charge < -0.3 is 14.6 Å². The maximum Gasteiger partial charge on any atom is 0.387 e. The van der Waals surface area contributed by atoms with Crippen LogP contribution in [0.4, 0.5) is 8.78 Å². The van der Waals surface area contributed by atoms with E-state index in [-0.39, 0.29) is 12.4 Å². The smallest absolute Gasteiger partial charge is 0.387 e. The molecular weight excluding hydrogens is 306 g/mol. The summed E-state index contributed by atoms with van der Waals surface area (Å²) in [5.41, 5.74) is 1.01. The quantitative estimate of drug-likeness (QED) is 0.787. The Labute approximate surface area is 135 Å². The predicted molar refractivity (Wildman–Crippen MR) is 83.0 cm³/mol. The lowest BCUT2D eigenvalue weighted by Crippen LogP contribution is -2.46. The van der Waals surface area contributed by atoms with E-state index in [1.54, 1.807) is 19.1 Å². The van der Waals surface area contributed by atoms with Gasteiger partial charge in [-0.2, -0.15) is 8.78 Å². The summed E-state index contributed by atoms with van der Waals surface area (Å²) in [5.74, 6) is 0.419. The minimum absolute atomic E-state index is 0.0679. The van der Waals surface area contributed by atoms with Gasteiger partial charge in [-0.15, -0.1) is 0 Å². The van der Waals surface area contributed by atoms with Crippen LogP contribution < -0.4 is 9.47 Å². The molecule has 130 valence electrons. The highest BCUT2D eigenvalue weighted by atomic mass is 19.3. The number of ether oxygens (including phenoxy) is 2. The minimum atomic E-state index is -2.86. The van der Waals surface area contributed by atoms with Gasteiger partial charge >= 0.3 is 6.61 Å². The van der Waals surface area contributed by atoms with Gasteiger partial charge in [0, 0.05) is 39.3 Å². The van der Waals surface area contributed by atoms with Gasteiger partial charge in [-0.05, 0) is 24.6 Å². The Hall–Kier alpha value is -1.44. The Morgan fingerprint density at radius 1 is 1.13 bits per heavy atom. The van der Waals surface area contributed by atoms with Crippen LogP contribution in [0.5, 0.6) is 11.5 Å². The van der Waals surface area contributed by atoms with Crippen LogP contribution in [-0.2, 0) is 6.54 Å². The third kappa shape index (κ3) is 5.60. The van der Waals surface area contributed by atoms with E-state index in [0.717, 1.165) is 38.3 Å². The Kier molecular flexibility index (Phi) is 7.01. The minimum Gasteiger partial charge on any atom is -0.490 e. The average Bonchev–Trinajstić information content (AvgIpc) is 2.52. The zero-order valence-corrected chi connectivity index (χ0v) is 13.4. The van der Waals surface area contributed by atoms with Crippen molar-refractivity contribution in [3.63, 3.8) is 0 Å². The van der Waals surface area contributed by atoms with Gasteiger partial charge in [-0.1, -0.05) is 6.07 Å². The normalized spacial score (nSPS) is 16.7. The first-order valence-electron chi connectivity index (χ1n) is 7.88. The maximum absolute atomic E-state index is 12.4. The first-order chi connectivity index (χ1) is 11.1. The fraction of sp³-hybridized carbons (Fsp3) is 0.625. The molecule has 0 atom stereocenters. The molecule has 0 saturated carbocycles. The molecule has 0 bridgehead atoms. The number of β-amino-alcohol motifs (C(OH)–C–C–N with tert-alkyl or cyclic N) is 1. The van der Waals surface area contributed by atoms with Crippen LogP contribution in [0.2, 0.25) is 0 Å². The lowest BCUT2D eigenvalue weighted by Gasteiger charge is -2.34. The molecule has 1 aliphatic heterocycles. The molecule has 0 amide bonds. The number of benzene rings is 1. The van der Waals surface area contributed by atoms with Crippen LogP contribution >= 0.6 is 0 Å². The van der Waals surface area contributed by atoms with Gasteiger partial charge in [-0.3, -0.25) is 9.80 Å². The van der Waals surface area contributed by atoms with Crippen LogP contribution in [0, 0.1) is 0 Å². The second-order valence-corrected chi connectivity index (χ2v) is 5.43. The third-order valence-electron chi connectivity index (χ3n) is 3.81. The van der Waals surface area contributed by atoms with E-state index in [1.807, 2.05) is 0 Å². The number of aliphatic hydroxyl groups excluding tert-OH is 1. The average molecular weight is 330 g/mol. The molecule has 1 fully saturated rings. The van der Waals surface area contributed by atoms with Gasteiger partial charge in [0.25, 0.3) is 0 Å². The van der Waals surface area contributed by atoms with E-state index >= 15 is 0 Å². The van der Waals surface area contributed by atoms with Crippen molar-refractivity contribution in [1.29, 1.82) is 0 Å². The SMILES string of the molecule is CCOc1cc(CN2CCN(CCO)CC2)ccc1OC(F)F. The van der Waals surface area contributed by atoms with Gasteiger partial charge in [-0.25, -0.2) is 0 Å². The highest BCUT2D eigenvalue weighted by molar-refractivity contribution is 5.43. The fourth-order valence-corrected chi connectivity index (χ4v) is 2.68. The molecule has 1 aromatic carbocycles. The summed E-state index contributed by atoms with van der Waals surface area (Å²) in [5, 5.41) is 8.95. The number of aliphatic hydroxyl groups is 1. The van der Waals surface area contributed by atoms with Crippen molar-refractivity contribution in [2.45, 2.75) is 20.1 Å². The summed E-state index contributed by atoms with van der Waals surface area (Å²) < 4.78 is 34.7. The number of alkyl halides is 2. The van der Waals surface area contributed by atoms with Crippen LogP contribution in [0.1, 0.15) is 12.5 Å². The molecule has 5 nitrogen and oxygen atoms in total. The number of halogens is 2. The zero-order chi connectivity index (χ0) is 16.7. The number of hydrogen-bond acceptors (Lipinski definition) is 5. The van der Waals surface area contributed by atoms with Crippen molar-refractivity contribution in [3.05, 3.63) is 23.8 Å². The van der Waals surface area contributed by atoms with E-state index in [0.29, 0.717) is 18.9 Å². The van der Waals surface area contributed by atoms with Crippen LogP contribution in [0.3, 0.4) is 0 Å². The van der Waals surface area contributed by atoms with Crippen LogP contribution in [0.25, 0.3) is 0 Å². The Morgan fingerprint density at radius 2 is 1.83 bits per heavy atom. The van der Waals surface area contributed by atoms with Crippen molar-refractivity contribution in [1.82, 2.24) is 9.80 Å². The summed E-state index contributed by atoms with van der Waals surface area (Å²) in [6.07, 6.45) is 0. The van der Waals surface area contributed by atoms with E-state index in [9.17, 15) is 8.78 Å². The standard InChI is InChI=1S/C16H24F2N2O3/c1-2-22-15-11-13(3-4-14(15)23-16(17)18)12-20-7-5-19(6-8-20)9-10-21/h3-4,11,16,21H,2,5-10,12H2,1H3. The molecule has 1 aliphatic rings. The summed E-state index contributed by atoms with van der Waals surface area (Å²) >= 11 is 0. The lowest BCUT2D eigenvalue weighted by molar-refractivity contribution is -0.0514. The van der Waals surface area contributed by atoms with Crippen molar-refractivity contribution in [2.75, 3.05) is 45.9 Å². The number of nitrogens with zero attached hydrogens (tertiary/aromatic N) is 2. The monoisotopic (exact) mass is 330 g/mol. The topological polar surface area (TPSA) is 45.2 Å². The summed E-state index contributed by atoms with van der Waals surface area (Å²) in [6, 6.07) is 5.09. The molecule has 0 spiro atoms. The zero-order valence-electron chi connectivity index (χ0n) is 13.4. The molecular formula is C16H24F2N2O3. The van der Waals surface area contributed by atoms with E-state index < -0.39 is 6.61 Å². The maximum atomic E-state index is 12.4. The van der Waals surface area contributed by atoms with Crippen molar-refractivity contribution < 1.29 is 23.4 Å². The molecule has 2 rings (SSSR count). The molecule has 1 heterocycles. The Morgan fingerprint density at radius 3 is 2.43 bits per heavy atom. The first-order valence-corrected chi connectivity index (χ1v) is 7.88. The molecule has 23 heavy (non-hydrogen) atoms. The van der Waals surface area contributed by atoms with E-state index in [4.69, 9.17) is 9.84 Å². The largest absolute Gasteiger partial charge is 0.490 e. The first kappa shape index (κ1) is 17.9. The third-order valence-corrected chi connectivity index (χ3v) is 3.81. The predicted octanol–water partition coefficient (Wildman–Crippen LogP) is 1.80. The van der Waals surface area contributed by atoms with Gasteiger partial charge in [0.15, 0.2) is 11.5 Å². The Balaban J connectivity index is 1.96. The molecule has 1 N–H and O–H groups in total. The Bertz CT molecular complexity index is 480. The molecule has 0 aliphatic carbocycles. The van der Waals surface area contributed by atoms with Crippen LogP contribution in [-0.4, -0.2) is 67.5 Å². The molecule has 1 aromatic rings. The van der Waals surface area contributed by atoms with Gasteiger partial charge in [0.1, 0.15) is 0 Å². The number of rotatable bonds is 8. The fourth-order valence-electron chi connectivity index (χ4n) is 2.68. The second kappa shape index (κ2) is 9.00. The van der Waals surface area contributed by atoms with Crippen molar-refractivity contribution in [3.8, 4) is 11.5 Å². The molecule has 7 heteroatoms. The summed E-state index contributed by atoms with van der Waals surface area (Å²) in [6.45, 7) is 4.64. The van der Waals surface area contributed by atoms with E-state index in [2.05, 4.69) is 14.5 Å². The summed E-state index contributed by atoms with van der Waals surface area (Å²) in [7, 11) is 0. The van der Waals surface area contributed by atoms with Crippen molar-refractivity contribution >= 4 is 0 Å². The molecule has 1 saturated heterocycles. The van der Waals surface area contributed by atoms with Gasteiger partial charge in [0.2, 0.25) is 0 Å². The lowest BCUT2D eigenvalue weighted by atomic mass is 10.1. The van der Waals surface area contributed by atoms with Crippen molar-refractivity contribution in [2.24, 2.45) is 0 Å². The van der Waals surface area contributed by atoms with Crippen LogP contribution in [0.15, 0.2) is 18.2 Å². The molecule has 0 unspecified atom stereocenters. The summed E-state index contributed by atoms with van der Waals surface area (Å²) in [4.78, 5) is 4.52. The molecule has 0 aromatic heterocycles. The van der Waals surface area contributed by atoms with E-state index in [1.165, 1.54) is 6.07 Å². The van der Waals surface area contributed by atoms with Gasteiger partial charge in [0.05, 0.1) is 13.2 Å². The second-order valence-electron chi connectivity index (χ2n) is 5.43. The number of hydrogen-bond donors (Lipinski definition) is 1.